The maximum Gasteiger partial charge on any atom is 0.330 e. The Morgan fingerprint density at radius 1 is 0.766 bits per heavy atom. The van der Waals surface area contributed by atoms with Crippen LogP contribution in [-0.4, -0.2) is 61.2 Å². The van der Waals surface area contributed by atoms with Crippen LogP contribution in [-0.2, 0) is 47.7 Å². The van der Waals surface area contributed by atoms with Gasteiger partial charge in [0.05, 0.1) is 39.7 Å². The molecule has 1 aromatic carbocycles. The van der Waals surface area contributed by atoms with E-state index in [-0.39, 0.29) is 65.1 Å². The molecule has 47 heavy (non-hydrogen) atoms. The van der Waals surface area contributed by atoms with E-state index in [1.807, 2.05) is 0 Å². The number of aryl methyl sites for hydroxylation is 1. The number of ether oxygens (including phenoxy) is 6. The van der Waals surface area contributed by atoms with E-state index in [4.69, 9.17) is 28.4 Å². The average molecular weight is 687 g/mol. The summed E-state index contributed by atoms with van der Waals surface area (Å²) in [5, 5.41) is 18.8. The summed E-state index contributed by atoms with van der Waals surface area (Å²) in [5.74, 6) is -4.30. The fraction of sp³-hybridized carbons (Fsp3) is 0.355. The first kappa shape index (κ1) is 38.1. The van der Waals surface area contributed by atoms with Gasteiger partial charge < -0.3 is 28.4 Å². The van der Waals surface area contributed by atoms with Crippen molar-refractivity contribution in [1.29, 1.82) is 10.5 Å². The number of carbonyl (C=O) groups excluding carboxylic acids is 6. The highest BCUT2D eigenvalue weighted by atomic mass is 32.2. The van der Waals surface area contributed by atoms with Crippen LogP contribution in [0.4, 0.5) is 0 Å². The zero-order chi connectivity index (χ0) is 35.1. The second kappa shape index (κ2) is 18.8. The molecular formula is C31H30N2O12S2. The van der Waals surface area contributed by atoms with Gasteiger partial charge in [0.2, 0.25) is 0 Å². The van der Waals surface area contributed by atoms with Gasteiger partial charge >= 0.3 is 35.8 Å². The molecule has 0 saturated heterocycles. The molecule has 2 rings (SSSR count). The molecule has 0 aromatic heterocycles. The molecule has 0 amide bonds. The first-order valence-electron chi connectivity index (χ1n) is 13.8. The van der Waals surface area contributed by atoms with E-state index in [2.05, 4.69) is 13.2 Å². The van der Waals surface area contributed by atoms with Crippen LogP contribution in [0.2, 0.25) is 0 Å². The van der Waals surface area contributed by atoms with Crippen LogP contribution in [0.5, 0.6) is 11.5 Å². The third-order valence-corrected chi connectivity index (χ3v) is 8.20. The van der Waals surface area contributed by atoms with E-state index in [0.717, 1.165) is 35.7 Å². The molecule has 1 aliphatic heterocycles. The van der Waals surface area contributed by atoms with Crippen LogP contribution >= 0.6 is 23.5 Å². The minimum Gasteiger partial charge on any atom is -0.459 e. The normalized spacial score (nSPS) is 12.5. The summed E-state index contributed by atoms with van der Waals surface area (Å²) in [6, 6.07) is 5.00. The summed E-state index contributed by atoms with van der Waals surface area (Å²) >= 11 is 1.93. The molecule has 0 N–H and O–H groups in total. The van der Waals surface area contributed by atoms with E-state index >= 15 is 0 Å². The summed E-state index contributed by atoms with van der Waals surface area (Å²) < 4.78 is 31.1. The zero-order valence-electron chi connectivity index (χ0n) is 25.7. The van der Waals surface area contributed by atoms with Crippen molar-refractivity contribution >= 4 is 59.3 Å². The Morgan fingerprint density at radius 2 is 1.21 bits per heavy atom. The Kier molecular flexibility index (Phi) is 15.2. The lowest BCUT2D eigenvalue weighted by molar-refractivity contribution is -0.156. The predicted molar refractivity (Wildman–Crippen MR) is 164 cm³/mol. The second-order valence-electron chi connectivity index (χ2n) is 9.49. The van der Waals surface area contributed by atoms with Crippen LogP contribution in [0.3, 0.4) is 0 Å². The van der Waals surface area contributed by atoms with Gasteiger partial charge in [-0.25, -0.2) is 9.59 Å². The molecule has 0 bridgehead atoms. The van der Waals surface area contributed by atoms with Gasteiger partial charge in [0.15, 0.2) is 0 Å². The minimum absolute atomic E-state index is 0.0396. The van der Waals surface area contributed by atoms with Gasteiger partial charge in [0.25, 0.3) is 0 Å². The third kappa shape index (κ3) is 12.3. The predicted octanol–water partition coefficient (Wildman–Crippen LogP) is 4.14. The number of rotatable bonds is 16. The summed E-state index contributed by atoms with van der Waals surface area (Å²) in [7, 11) is 0. The number of nitrogens with zero attached hydrogens (tertiary/aromatic N) is 2. The average Bonchev–Trinajstić information content (AvgIpc) is 3.48. The number of thioether (sulfide) groups is 2. The van der Waals surface area contributed by atoms with Crippen molar-refractivity contribution in [3.8, 4) is 23.6 Å². The molecule has 2 unspecified atom stereocenters. The van der Waals surface area contributed by atoms with Crippen LogP contribution in [0.25, 0.3) is 0 Å². The molecule has 0 radical (unpaired) electrons. The van der Waals surface area contributed by atoms with Gasteiger partial charge in [-0.15, -0.1) is 0 Å². The highest BCUT2D eigenvalue weighted by Gasteiger charge is 2.32. The maximum absolute atomic E-state index is 12.7. The van der Waals surface area contributed by atoms with Crippen molar-refractivity contribution in [3.63, 3.8) is 0 Å². The van der Waals surface area contributed by atoms with Crippen LogP contribution in [0.1, 0.15) is 45.1 Å². The quantitative estimate of drug-likeness (QED) is 0.0787. The molecule has 0 aliphatic carbocycles. The topological polar surface area (TPSA) is 205 Å². The Morgan fingerprint density at radius 3 is 1.68 bits per heavy atom. The van der Waals surface area contributed by atoms with Crippen molar-refractivity contribution in [2.24, 2.45) is 0 Å². The number of carbonyl (C=O) groups is 6. The van der Waals surface area contributed by atoms with E-state index in [0.29, 0.717) is 10.5 Å². The number of nitriles is 2. The Labute approximate surface area is 278 Å². The fourth-order valence-corrected chi connectivity index (χ4v) is 5.99. The molecule has 14 nitrogen and oxygen atoms in total. The van der Waals surface area contributed by atoms with Gasteiger partial charge in [-0.1, -0.05) is 36.7 Å². The summed E-state index contributed by atoms with van der Waals surface area (Å²) in [4.78, 5) is 72.6. The lowest BCUT2D eigenvalue weighted by atomic mass is 10.2. The Hall–Kier alpha value is -5.06. The molecule has 1 heterocycles. The van der Waals surface area contributed by atoms with Crippen molar-refractivity contribution in [3.05, 3.63) is 46.8 Å². The highest BCUT2D eigenvalue weighted by Crippen LogP contribution is 2.59. The van der Waals surface area contributed by atoms with Crippen LogP contribution in [0.15, 0.2) is 51.0 Å². The van der Waals surface area contributed by atoms with E-state index < -0.39 is 48.0 Å². The second-order valence-corrected chi connectivity index (χ2v) is 11.8. The number of esters is 6. The smallest absolute Gasteiger partial charge is 0.330 e. The Balaban J connectivity index is 2.11. The first-order valence-corrected chi connectivity index (χ1v) is 15.4. The van der Waals surface area contributed by atoms with Gasteiger partial charge in [0, 0.05) is 12.2 Å². The highest BCUT2D eigenvalue weighted by molar-refractivity contribution is 8.24. The van der Waals surface area contributed by atoms with Crippen LogP contribution in [0, 0.1) is 29.6 Å². The van der Waals surface area contributed by atoms with E-state index in [1.165, 1.54) is 19.9 Å². The lowest BCUT2D eigenvalue weighted by Crippen LogP contribution is -2.22. The van der Waals surface area contributed by atoms with Crippen molar-refractivity contribution in [2.45, 2.75) is 68.5 Å². The molecule has 248 valence electrons. The van der Waals surface area contributed by atoms with Gasteiger partial charge in [0.1, 0.15) is 54.6 Å². The van der Waals surface area contributed by atoms with Gasteiger partial charge in [-0.05, 0) is 32.4 Å². The van der Waals surface area contributed by atoms with Crippen molar-refractivity contribution in [2.75, 3.05) is 13.2 Å². The molecule has 1 aromatic rings. The number of allylic oxidation sites excluding steroid dienone is 1. The molecule has 0 fully saturated rings. The van der Waals surface area contributed by atoms with E-state index in [9.17, 15) is 39.3 Å². The number of hydrogen-bond donors (Lipinski definition) is 0. The molecule has 1 aliphatic rings. The molecule has 0 saturated carbocycles. The summed E-state index contributed by atoms with van der Waals surface area (Å²) in [5.41, 5.74) is 0.141. The SMILES string of the molecule is C=CC(=O)OCC(C)OC(=O)CCC(=O)Oc1cc(C)c(OC(=O)CCC(=O)OC(C)COC(=O)C=C)c2c1SC(=C(C#N)C#N)S2. The third-order valence-electron chi connectivity index (χ3n) is 5.58. The molecule has 16 heteroatoms. The first-order chi connectivity index (χ1) is 22.3. The summed E-state index contributed by atoms with van der Waals surface area (Å²) in [6.45, 7) is 10.7. The number of fused-ring (bicyclic) bond motifs is 1. The zero-order valence-corrected chi connectivity index (χ0v) is 27.3. The maximum atomic E-state index is 12.7. The lowest BCUT2D eigenvalue weighted by Gasteiger charge is -2.15. The summed E-state index contributed by atoms with van der Waals surface area (Å²) in [6.07, 6.45) is -1.00. The monoisotopic (exact) mass is 686 g/mol. The number of hydrogen-bond acceptors (Lipinski definition) is 16. The van der Waals surface area contributed by atoms with Crippen molar-refractivity contribution in [1.82, 2.24) is 0 Å². The fourth-order valence-electron chi connectivity index (χ4n) is 3.44. The standard InChI is InChI=1S/C31H30N2O12S2/c1-6-22(34)40-15-18(4)42-24(36)8-10-26(38)44-21-12-17(3)28(30-29(21)46-31(47-30)20(13-32)14-33)45-27(39)11-9-25(37)43-19(5)16-41-23(35)7-2/h6-7,12,18-19H,1-2,8-11,15-16H2,3-5H3. The van der Waals surface area contributed by atoms with Gasteiger partial charge in [-0.2, -0.15) is 10.5 Å². The minimum atomic E-state index is -0.796. The van der Waals surface area contributed by atoms with Crippen LogP contribution < -0.4 is 9.47 Å². The van der Waals surface area contributed by atoms with Gasteiger partial charge in [-0.3, -0.25) is 19.2 Å². The number of benzene rings is 1. The van der Waals surface area contributed by atoms with E-state index in [1.54, 1.807) is 19.1 Å². The molecule has 0 spiro atoms. The van der Waals surface area contributed by atoms with Crippen molar-refractivity contribution < 1.29 is 57.2 Å². The largest absolute Gasteiger partial charge is 0.459 e. The molecular weight excluding hydrogens is 656 g/mol. The molecule has 2 atom stereocenters. The Bertz CT molecular complexity index is 1550.